The molecule has 0 spiro atoms. The van der Waals surface area contributed by atoms with Crippen molar-refractivity contribution in [3.63, 3.8) is 0 Å². The summed E-state index contributed by atoms with van der Waals surface area (Å²) in [5.41, 5.74) is 3.82. The lowest BCUT2D eigenvalue weighted by Gasteiger charge is -2.13. The van der Waals surface area contributed by atoms with Gasteiger partial charge in [0.25, 0.3) is 0 Å². The van der Waals surface area contributed by atoms with Crippen molar-refractivity contribution in [2.45, 2.75) is 34.1 Å². The summed E-state index contributed by atoms with van der Waals surface area (Å²) in [6, 6.07) is 9.84. The third kappa shape index (κ3) is 4.03. The van der Waals surface area contributed by atoms with Crippen LogP contribution in [0.1, 0.15) is 43.2 Å². The molecule has 0 aliphatic carbocycles. The lowest BCUT2D eigenvalue weighted by atomic mass is 9.98. The van der Waals surface area contributed by atoms with Crippen molar-refractivity contribution in [2.75, 3.05) is 5.32 Å². The van der Waals surface area contributed by atoms with Crippen LogP contribution < -0.4 is 5.32 Å². The lowest BCUT2D eigenvalue weighted by Crippen LogP contribution is -2.17. The highest BCUT2D eigenvalue weighted by atomic mass is 16.1. The summed E-state index contributed by atoms with van der Waals surface area (Å²) in [5.74, 6) is -0.390. The molecule has 0 radical (unpaired) electrons. The van der Waals surface area contributed by atoms with Gasteiger partial charge in [-0.3, -0.25) is 14.6 Å². The van der Waals surface area contributed by atoms with E-state index in [9.17, 15) is 9.59 Å². The monoisotopic (exact) mass is 310 g/mol. The van der Waals surface area contributed by atoms with Gasteiger partial charge >= 0.3 is 0 Å². The molecule has 0 fully saturated rings. The minimum Gasteiger partial charge on any atom is -0.324 e. The predicted octanol–water partition coefficient (Wildman–Crippen LogP) is 4.24. The Hall–Kier alpha value is -2.49. The number of hydrogen-bond donors (Lipinski definition) is 1. The topological polar surface area (TPSA) is 59.1 Å². The van der Waals surface area contributed by atoms with E-state index in [0.29, 0.717) is 11.4 Å². The van der Waals surface area contributed by atoms with Gasteiger partial charge in [0.2, 0.25) is 5.91 Å². The van der Waals surface area contributed by atoms with E-state index >= 15 is 0 Å². The van der Waals surface area contributed by atoms with Crippen LogP contribution >= 0.6 is 0 Å². The Kier molecular flexibility index (Phi) is 5.27. The van der Waals surface area contributed by atoms with Crippen LogP contribution in [0.3, 0.4) is 0 Å². The highest BCUT2D eigenvalue weighted by Gasteiger charge is 2.20. The van der Waals surface area contributed by atoms with E-state index in [2.05, 4.69) is 10.3 Å². The summed E-state index contributed by atoms with van der Waals surface area (Å²) >= 11 is 0. The Morgan fingerprint density at radius 2 is 1.96 bits per heavy atom. The van der Waals surface area contributed by atoms with Gasteiger partial charge in [0.1, 0.15) is 5.69 Å². The number of carbonyl (C=O) groups excluding carboxylic acids is 2. The summed E-state index contributed by atoms with van der Waals surface area (Å²) < 4.78 is 0. The van der Waals surface area contributed by atoms with E-state index in [1.165, 1.54) is 6.92 Å². The van der Waals surface area contributed by atoms with Crippen LogP contribution in [-0.2, 0) is 4.79 Å². The van der Waals surface area contributed by atoms with E-state index in [0.717, 1.165) is 23.1 Å². The zero-order chi connectivity index (χ0) is 17.0. The van der Waals surface area contributed by atoms with Gasteiger partial charge in [-0.1, -0.05) is 43.7 Å². The average molecular weight is 310 g/mol. The molecule has 2 aromatic rings. The number of amides is 1. The van der Waals surface area contributed by atoms with E-state index in [1.807, 2.05) is 51.1 Å². The summed E-state index contributed by atoms with van der Waals surface area (Å²) in [7, 11) is 0. The van der Waals surface area contributed by atoms with Crippen LogP contribution in [0.25, 0.3) is 11.1 Å². The molecule has 0 saturated carbocycles. The molecule has 23 heavy (non-hydrogen) atoms. The number of aromatic nitrogens is 1. The summed E-state index contributed by atoms with van der Waals surface area (Å²) in [6.07, 6.45) is 2.43. The van der Waals surface area contributed by atoms with Crippen molar-refractivity contribution in [3.8, 4) is 11.1 Å². The van der Waals surface area contributed by atoms with Gasteiger partial charge in [-0.05, 0) is 25.0 Å². The standard InChI is InChI=1S/C19H22N2O2/c1-5-13(3)19(23)18-17(21-14(4)22)10-16(11-20-18)15-8-6-7-12(2)9-15/h6-11,13H,5H2,1-4H3,(H,21,22). The van der Waals surface area contributed by atoms with Crippen molar-refractivity contribution in [1.29, 1.82) is 0 Å². The molecule has 1 aromatic heterocycles. The summed E-state index contributed by atoms with van der Waals surface area (Å²) in [5, 5.41) is 2.74. The molecule has 1 N–H and O–H groups in total. The minimum atomic E-state index is -0.216. The number of benzene rings is 1. The minimum absolute atomic E-state index is 0.0490. The first-order valence-corrected chi connectivity index (χ1v) is 7.81. The van der Waals surface area contributed by atoms with E-state index in [1.54, 1.807) is 6.20 Å². The van der Waals surface area contributed by atoms with Crippen LogP contribution in [0.15, 0.2) is 36.5 Å². The zero-order valence-corrected chi connectivity index (χ0v) is 14.0. The van der Waals surface area contributed by atoms with E-state index in [4.69, 9.17) is 0 Å². The van der Waals surface area contributed by atoms with Gasteiger partial charge in [-0.25, -0.2) is 0 Å². The number of ketones is 1. The van der Waals surface area contributed by atoms with Gasteiger partial charge in [0, 0.05) is 24.6 Å². The number of pyridine rings is 1. The van der Waals surface area contributed by atoms with Gasteiger partial charge in [-0.2, -0.15) is 0 Å². The van der Waals surface area contributed by atoms with Gasteiger partial charge < -0.3 is 5.32 Å². The third-order valence-electron chi connectivity index (χ3n) is 3.84. The second-order valence-corrected chi connectivity index (χ2v) is 5.84. The van der Waals surface area contributed by atoms with Gasteiger partial charge in [0.05, 0.1) is 5.69 Å². The molecular formula is C19H22N2O2. The van der Waals surface area contributed by atoms with E-state index in [-0.39, 0.29) is 17.6 Å². The predicted molar refractivity (Wildman–Crippen MR) is 92.5 cm³/mol. The van der Waals surface area contributed by atoms with Crippen molar-refractivity contribution in [2.24, 2.45) is 5.92 Å². The largest absolute Gasteiger partial charge is 0.324 e. The van der Waals surface area contributed by atoms with Crippen LogP contribution in [0.5, 0.6) is 0 Å². The molecular weight excluding hydrogens is 288 g/mol. The Labute approximate surface area is 137 Å². The number of aryl methyl sites for hydroxylation is 1. The molecule has 4 heteroatoms. The Morgan fingerprint density at radius 3 is 2.57 bits per heavy atom. The molecule has 1 unspecified atom stereocenters. The number of nitrogens with zero attached hydrogens (tertiary/aromatic N) is 1. The molecule has 0 saturated heterocycles. The second-order valence-electron chi connectivity index (χ2n) is 5.84. The number of rotatable bonds is 5. The Balaban J connectivity index is 2.49. The van der Waals surface area contributed by atoms with Crippen molar-refractivity contribution in [3.05, 3.63) is 47.8 Å². The number of anilines is 1. The maximum Gasteiger partial charge on any atom is 0.221 e. The lowest BCUT2D eigenvalue weighted by molar-refractivity contribution is -0.114. The molecule has 1 aromatic carbocycles. The van der Waals surface area contributed by atoms with Crippen LogP contribution in [0.2, 0.25) is 0 Å². The first-order valence-electron chi connectivity index (χ1n) is 7.81. The van der Waals surface area contributed by atoms with Crippen LogP contribution in [0, 0.1) is 12.8 Å². The van der Waals surface area contributed by atoms with Crippen LogP contribution in [0.4, 0.5) is 5.69 Å². The maximum absolute atomic E-state index is 12.5. The smallest absolute Gasteiger partial charge is 0.221 e. The average Bonchev–Trinajstić information content (AvgIpc) is 2.53. The summed E-state index contributed by atoms with van der Waals surface area (Å²) in [6.45, 7) is 7.28. The van der Waals surface area contributed by atoms with Crippen LogP contribution in [-0.4, -0.2) is 16.7 Å². The normalized spacial score (nSPS) is 11.8. The third-order valence-corrected chi connectivity index (χ3v) is 3.84. The molecule has 0 aliphatic heterocycles. The first kappa shape index (κ1) is 16.9. The molecule has 120 valence electrons. The molecule has 1 heterocycles. The second kappa shape index (κ2) is 7.18. The number of carbonyl (C=O) groups is 2. The number of Topliss-reactive ketones (excluding diaryl/α,β-unsaturated/α-hetero) is 1. The Bertz CT molecular complexity index is 738. The fourth-order valence-electron chi connectivity index (χ4n) is 2.35. The maximum atomic E-state index is 12.5. The van der Waals surface area contributed by atoms with E-state index < -0.39 is 0 Å². The number of nitrogens with one attached hydrogen (secondary N) is 1. The van der Waals surface area contributed by atoms with Gasteiger partial charge in [0.15, 0.2) is 5.78 Å². The highest BCUT2D eigenvalue weighted by Crippen LogP contribution is 2.26. The highest BCUT2D eigenvalue weighted by molar-refractivity contribution is 6.04. The molecule has 2 rings (SSSR count). The molecule has 0 bridgehead atoms. The molecule has 4 nitrogen and oxygen atoms in total. The molecule has 1 atom stereocenters. The van der Waals surface area contributed by atoms with Crippen molar-refractivity contribution >= 4 is 17.4 Å². The zero-order valence-electron chi connectivity index (χ0n) is 14.0. The molecule has 0 aliphatic rings. The fourth-order valence-corrected chi connectivity index (χ4v) is 2.35. The quantitative estimate of drug-likeness (QED) is 0.840. The van der Waals surface area contributed by atoms with Crippen molar-refractivity contribution < 1.29 is 9.59 Å². The first-order chi connectivity index (χ1) is 10.9. The number of hydrogen-bond acceptors (Lipinski definition) is 3. The molecule has 1 amide bonds. The summed E-state index contributed by atoms with van der Waals surface area (Å²) in [4.78, 5) is 28.3. The van der Waals surface area contributed by atoms with Gasteiger partial charge in [-0.15, -0.1) is 0 Å². The van der Waals surface area contributed by atoms with Crippen molar-refractivity contribution in [1.82, 2.24) is 4.98 Å². The Morgan fingerprint density at radius 1 is 1.22 bits per heavy atom. The fraction of sp³-hybridized carbons (Fsp3) is 0.316. The SMILES string of the molecule is CCC(C)C(=O)c1ncc(-c2cccc(C)c2)cc1NC(C)=O.